The summed E-state index contributed by atoms with van der Waals surface area (Å²) in [7, 11) is 0. The Balaban J connectivity index is 1.93. The van der Waals surface area contributed by atoms with Gasteiger partial charge < -0.3 is 10.6 Å². The zero-order valence-electron chi connectivity index (χ0n) is 12.9. The number of halogens is 1. The van der Waals surface area contributed by atoms with Crippen molar-refractivity contribution in [1.82, 2.24) is 10.3 Å². The summed E-state index contributed by atoms with van der Waals surface area (Å²) in [6, 6.07) is 1.74. The molecule has 3 nitrogen and oxygen atoms in total. The highest BCUT2D eigenvalue weighted by atomic mass is 32.2. The Morgan fingerprint density at radius 3 is 2.86 bits per heavy atom. The Bertz CT molecular complexity index is 457. The van der Waals surface area contributed by atoms with Crippen molar-refractivity contribution in [2.45, 2.75) is 38.1 Å². The van der Waals surface area contributed by atoms with Gasteiger partial charge in [0, 0.05) is 52.9 Å². The van der Waals surface area contributed by atoms with Crippen molar-refractivity contribution in [2.24, 2.45) is 0 Å². The highest BCUT2D eigenvalue weighted by Gasteiger charge is 2.17. The highest BCUT2D eigenvalue weighted by molar-refractivity contribution is 8.06. The third kappa shape index (κ3) is 5.68. The van der Waals surface area contributed by atoms with Crippen LogP contribution in [0.25, 0.3) is 0 Å². The Kier molecular flexibility index (Phi) is 6.20. The van der Waals surface area contributed by atoms with Crippen molar-refractivity contribution >= 4 is 29.3 Å². The molecule has 0 saturated carbocycles. The zero-order chi connectivity index (χ0) is 15.3. The number of thioether (sulfide) groups is 2. The molecule has 1 aliphatic heterocycles. The van der Waals surface area contributed by atoms with E-state index >= 15 is 0 Å². The number of anilines is 1. The predicted octanol–water partition coefficient (Wildman–Crippen LogP) is 3.37. The molecule has 6 heteroatoms. The number of nitrogens with one attached hydrogen (secondary N) is 2. The predicted molar refractivity (Wildman–Crippen MR) is 92.8 cm³/mol. The van der Waals surface area contributed by atoms with Gasteiger partial charge in [0.15, 0.2) is 11.6 Å². The van der Waals surface area contributed by atoms with Crippen molar-refractivity contribution in [3.8, 4) is 0 Å². The molecule has 2 heterocycles. The number of nitrogens with zero attached hydrogens (tertiary/aromatic N) is 1. The molecular weight excluding hydrogens is 305 g/mol. The molecule has 1 saturated heterocycles. The molecular formula is C15H24FN3S2. The van der Waals surface area contributed by atoms with Gasteiger partial charge in [-0.2, -0.15) is 23.5 Å². The average molecular weight is 330 g/mol. The van der Waals surface area contributed by atoms with Gasteiger partial charge in [0.05, 0.1) is 0 Å². The first-order valence-corrected chi connectivity index (χ1v) is 9.48. The van der Waals surface area contributed by atoms with E-state index in [4.69, 9.17) is 0 Å². The average Bonchev–Trinajstić information content (AvgIpc) is 2.45. The maximum Gasteiger partial charge on any atom is 0.169 e. The summed E-state index contributed by atoms with van der Waals surface area (Å²) in [5, 5.41) is 7.02. The first kappa shape index (κ1) is 16.9. The molecule has 1 atom stereocenters. The van der Waals surface area contributed by atoms with Crippen molar-refractivity contribution < 1.29 is 4.39 Å². The summed E-state index contributed by atoms with van der Waals surface area (Å²) < 4.78 is 14.4. The molecule has 1 aromatic heterocycles. The van der Waals surface area contributed by atoms with Gasteiger partial charge in [0.25, 0.3) is 0 Å². The maximum absolute atomic E-state index is 14.4. The molecule has 2 N–H and O–H groups in total. The Hall–Kier alpha value is -0.460. The van der Waals surface area contributed by atoms with Crippen LogP contribution in [0.2, 0.25) is 0 Å². The Morgan fingerprint density at radius 1 is 1.38 bits per heavy atom. The molecule has 1 unspecified atom stereocenters. The van der Waals surface area contributed by atoms with Crippen LogP contribution in [-0.2, 0) is 6.54 Å². The Labute approximate surface area is 135 Å². The molecule has 0 aromatic carbocycles. The van der Waals surface area contributed by atoms with Crippen molar-refractivity contribution in [3.05, 3.63) is 23.6 Å². The number of rotatable bonds is 5. The lowest BCUT2D eigenvalue weighted by atomic mass is 10.1. The van der Waals surface area contributed by atoms with E-state index in [0.29, 0.717) is 23.2 Å². The number of aromatic nitrogens is 1. The van der Waals surface area contributed by atoms with Crippen LogP contribution in [-0.4, -0.2) is 39.6 Å². The zero-order valence-corrected chi connectivity index (χ0v) is 14.5. The fraction of sp³-hybridized carbons (Fsp3) is 0.667. The van der Waals surface area contributed by atoms with Gasteiger partial charge in [-0.25, -0.2) is 9.37 Å². The molecule has 118 valence electrons. The molecule has 1 aliphatic rings. The number of hydrogen-bond acceptors (Lipinski definition) is 5. The first-order valence-electron chi connectivity index (χ1n) is 7.27. The minimum Gasteiger partial charge on any atom is -0.366 e. The van der Waals surface area contributed by atoms with Crippen LogP contribution in [0.15, 0.2) is 12.3 Å². The van der Waals surface area contributed by atoms with Crippen LogP contribution in [0.1, 0.15) is 26.3 Å². The summed E-state index contributed by atoms with van der Waals surface area (Å²) in [4.78, 5) is 4.14. The number of pyridine rings is 1. The monoisotopic (exact) mass is 329 g/mol. The first-order chi connectivity index (χ1) is 9.96. The lowest BCUT2D eigenvalue weighted by Crippen LogP contribution is -2.35. The third-order valence-electron chi connectivity index (χ3n) is 3.16. The standard InChI is InChI=1S/C15H24FN3S2/c1-15(2,3)19-8-11-4-5-17-14(13(11)16)18-9-12-10-20-6-7-21-12/h4-5,12,19H,6-10H2,1-3H3,(H,17,18). The number of hydrogen-bond donors (Lipinski definition) is 2. The summed E-state index contributed by atoms with van der Waals surface area (Å²) in [5.74, 6) is 3.68. The van der Waals surface area contributed by atoms with Crippen LogP contribution in [0.4, 0.5) is 10.2 Å². The van der Waals surface area contributed by atoms with Crippen LogP contribution < -0.4 is 10.6 Å². The minimum atomic E-state index is -0.234. The van der Waals surface area contributed by atoms with Crippen LogP contribution in [0.3, 0.4) is 0 Å². The second-order valence-corrected chi connectivity index (χ2v) is 8.74. The molecule has 0 amide bonds. The third-order valence-corrected chi connectivity index (χ3v) is 6.01. The highest BCUT2D eigenvalue weighted by Crippen LogP contribution is 2.24. The van der Waals surface area contributed by atoms with E-state index in [2.05, 4.69) is 36.4 Å². The van der Waals surface area contributed by atoms with Crippen molar-refractivity contribution in [2.75, 3.05) is 29.1 Å². The van der Waals surface area contributed by atoms with Gasteiger partial charge in [-0.3, -0.25) is 0 Å². The van der Waals surface area contributed by atoms with E-state index in [1.54, 1.807) is 12.3 Å². The van der Waals surface area contributed by atoms with E-state index in [9.17, 15) is 4.39 Å². The molecule has 0 aliphatic carbocycles. The van der Waals surface area contributed by atoms with Gasteiger partial charge in [0.1, 0.15) is 0 Å². The van der Waals surface area contributed by atoms with E-state index in [-0.39, 0.29) is 11.4 Å². The van der Waals surface area contributed by atoms with Gasteiger partial charge in [-0.15, -0.1) is 0 Å². The van der Waals surface area contributed by atoms with Gasteiger partial charge in [0.2, 0.25) is 0 Å². The van der Waals surface area contributed by atoms with Gasteiger partial charge in [-0.1, -0.05) is 0 Å². The lowest BCUT2D eigenvalue weighted by molar-refractivity contribution is 0.418. The smallest absolute Gasteiger partial charge is 0.169 e. The topological polar surface area (TPSA) is 37.0 Å². The summed E-state index contributed by atoms with van der Waals surface area (Å²) in [5.41, 5.74) is 0.632. The van der Waals surface area contributed by atoms with Crippen LogP contribution >= 0.6 is 23.5 Å². The maximum atomic E-state index is 14.4. The lowest BCUT2D eigenvalue weighted by Gasteiger charge is -2.22. The molecule has 1 fully saturated rings. The molecule has 0 radical (unpaired) electrons. The molecule has 21 heavy (non-hydrogen) atoms. The summed E-state index contributed by atoms with van der Waals surface area (Å²) in [6.07, 6.45) is 1.67. The van der Waals surface area contributed by atoms with E-state index in [1.807, 2.05) is 23.5 Å². The van der Waals surface area contributed by atoms with E-state index in [0.717, 1.165) is 12.3 Å². The van der Waals surface area contributed by atoms with Crippen LogP contribution in [0, 0.1) is 5.82 Å². The second-order valence-electron chi connectivity index (χ2n) is 6.18. The van der Waals surface area contributed by atoms with Crippen molar-refractivity contribution in [3.63, 3.8) is 0 Å². The Morgan fingerprint density at radius 2 is 2.19 bits per heavy atom. The molecule has 0 bridgehead atoms. The molecule has 1 aromatic rings. The van der Waals surface area contributed by atoms with E-state index < -0.39 is 0 Å². The van der Waals surface area contributed by atoms with Gasteiger partial charge >= 0.3 is 0 Å². The van der Waals surface area contributed by atoms with Crippen molar-refractivity contribution in [1.29, 1.82) is 0 Å². The quantitative estimate of drug-likeness (QED) is 0.866. The van der Waals surface area contributed by atoms with Gasteiger partial charge in [-0.05, 0) is 26.8 Å². The summed E-state index contributed by atoms with van der Waals surface area (Å²) in [6.45, 7) is 7.51. The minimum absolute atomic E-state index is 0.0285. The normalized spacial score (nSPS) is 19.5. The van der Waals surface area contributed by atoms with E-state index in [1.165, 1.54) is 11.5 Å². The van der Waals surface area contributed by atoms with Crippen LogP contribution in [0.5, 0.6) is 0 Å². The fourth-order valence-corrected chi connectivity index (χ4v) is 4.58. The second kappa shape index (κ2) is 7.70. The molecule has 2 rings (SSSR count). The largest absolute Gasteiger partial charge is 0.366 e. The summed E-state index contributed by atoms with van der Waals surface area (Å²) >= 11 is 3.93. The SMILES string of the molecule is CC(C)(C)NCc1ccnc(NCC2CSCCS2)c1F. The molecule has 0 spiro atoms. The fourth-order valence-electron chi connectivity index (χ4n) is 1.97.